The maximum atomic E-state index is 12.2. The Morgan fingerprint density at radius 3 is 2.76 bits per heavy atom. The summed E-state index contributed by atoms with van der Waals surface area (Å²) in [5.74, 6) is -0.184. The van der Waals surface area contributed by atoms with Crippen LogP contribution in [0.15, 0.2) is 42.5 Å². The van der Waals surface area contributed by atoms with Crippen LogP contribution >= 0.6 is 11.6 Å². The molecule has 2 aromatic rings. The molecule has 0 saturated carbocycles. The molecule has 0 aromatic heterocycles. The average molecular weight is 304 g/mol. The monoisotopic (exact) mass is 303 g/mol. The number of hydrogen-bond donors (Lipinski definition) is 2. The Morgan fingerprint density at radius 2 is 2.05 bits per heavy atom. The van der Waals surface area contributed by atoms with E-state index in [1.807, 2.05) is 37.3 Å². The van der Waals surface area contributed by atoms with Crippen LogP contribution in [0.1, 0.15) is 27.9 Å². The fourth-order valence-corrected chi connectivity index (χ4v) is 2.21. The third-order valence-corrected chi connectivity index (χ3v) is 3.65. The van der Waals surface area contributed by atoms with Crippen LogP contribution < -0.4 is 5.32 Å². The van der Waals surface area contributed by atoms with Crippen LogP contribution in [0.4, 0.5) is 5.69 Å². The van der Waals surface area contributed by atoms with Crippen molar-refractivity contribution in [1.29, 1.82) is 0 Å². The molecular weight excluding hydrogens is 286 g/mol. The molecule has 0 aliphatic carbocycles. The number of carbonyl (C=O) groups is 1. The van der Waals surface area contributed by atoms with E-state index in [9.17, 15) is 4.79 Å². The molecule has 2 rings (SSSR count). The number of nitrogens with one attached hydrogen (secondary N) is 1. The van der Waals surface area contributed by atoms with Crippen molar-refractivity contribution in [2.75, 3.05) is 11.9 Å². The second-order valence-corrected chi connectivity index (χ2v) is 5.35. The summed E-state index contributed by atoms with van der Waals surface area (Å²) in [7, 11) is 0. The highest BCUT2D eigenvalue weighted by atomic mass is 35.5. The van der Waals surface area contributed by atoms with Crippen LogP contribution in [0.3, 0.4) is 0 Å². The SMILES string of the molecule is Cc1ccc(C(=O)Nc2cccc(CCCO)c2)cc1Cl. The van der Waals surface area contributed by atoms with Crippen LogP contribution in [0.5, 0.6) is 0 Å². The lowest BCUT2D eigenvalue weighted by Crippen LogP contribution is -2.12. The van der Waals surface area contributed by atoms with Gasteiger partial charge in [-0.2, -0.15) is 0 Å². The van der Waals surface area contributed by atoms with Gasteiger partial charge in [-0.25, -0.2) is 0 Å². The number of aliphatic hydroxyl groups excluding tert-OH is 1. The number of aryl methyl sites for hydroxylation is 2. The molecule has 0 bridgehead atoms. The number of rotatable bonds is 5. The van der Waals surface area contributed by atoms with Gasteiger partial charge in [0.1, 0.15) is 0 Å². The third kappa shape index (κ3) is 4.31. The number of halogens is 1. The number of amides is 1. The zero-order valence-electron chi connectivity index (χ0n) is 11.9. The molecule has 21 heavy (non-hydrogen) atoms. The highest BCUT2D eigenvalue weighted by Gasteiger charge is 2.08. The molecule has 0 aliphatic rings. The molecule has 3 nitrogen and oxygen atoms in total. The zero-order chi connectivity index (χ0) is 15.2. The van der Waals surface area contributed by atoms with Gasteiger partial charge in [-0.3, -0.25) is 4.79 Å². The first-order chi connectivity index (χ1) is 10.1. The molecule has 0 aliphatic heterocycles. The number of benzene rings is 2. The Morgan fingerprint density at radius 1 is 1.24 bits per heavy atom. The van der Waals surface area contributed by atoms with Crippen molar-refractivity contribution in [2.24, 2.45) is 0 Å². The van der Waals surface area contributed by atoms with Crippen LogP contribution in [-0.2, 0) is 6.42 Å². The highest BCUT2D eigenvalue weighted by molar-refractivity contribution is 6.31. The van der Waals surface area contributed by atoms with Crippen molar-refractivity contribution >= 4 is 23.2 Å². The van der Waals surface area contributed by atoms with Gasteiger partial charge < -0.3 is 10.4 Å². The predicted molar refractivity (Wildman–Crippen MR) is 86.0 cm³/mol. The standard InChI is InChI=1S/C17H18ClNO2/c1-12-7-8-14(11-16(12)18)17(21)19-15-6-2-4-13(10-15)5-3-9-20/h2,4,6-8,10-11,20H,3,5,9H2,1H3,(H,19,21). The van der Waals surface area contributed by atoms with Gasteiger partial charge >= 0.3 is 0 Å². The van der Waals surface area contributed by atoms with E-state index < -0.39 is 0 Å². The second kappa shape index (κ2) is 7.25. The van der Waals surface area contributed by atoms with Gasteiger partial charge in [-0.15, -0.1) is 0 Å². The minimum atomic E-state index is -0.184. The van der Waals surface area contributed by atoms with Crippen LogP contribution in [0.2, 0.25) is 5.02 Å². The van der Waals surface area contributed by atoms with Crippen molar-refractivity contribution in [3.63, 3.8) is 0 Å². The van der Waals surface area contributed by atoms with Gasteiger partial charge in [0, 0.05) is 22.9 Å². The molecule has 4 heteroatoms. The van der Waals surface area contributed by atoms with E-state index in [4.69, 9.17) is 16.7 Å². The average Bonchev–Trinajstić information content (AvgIpc) is 2.48. The summed E-state index contributed by atoms with van der Waals surface area (Å²) in [5, 5.41) is 12.3. The number of anilines is 1. The molecule has 0 heterocycles. The normalized spacial score (nSPS) is 10.4. The molecule has 0 unspecified atom stereocenters. The van der Waals surface area contributed by atoms with Crippen molar-refractivity contribution in [3.05, 3.63) is 64.2 Å². The highest BCUT2D eigenvalue weighted by Crippen LogP contribution is 2.18. The Balaban J connectivity index is 2.10. The van der Waals surface area contributed by atoms with E-state index in [0.29, 0.717) is 17.0 Å². The Hall–Kier alpha value is -1.84. The number of hydrogen-bond acceptors (Lipinski definition) is 2. The van der Waals surface area contributed by atoms with Crippen LogP contribution in [-0.4, -0.2) is 17.6 Å². The van der Waals surface area contributed by atoms with Crippen molar-refractivity contribution in [2.45, 2.75) is 19.8 Å². The second-order valence-electron chi connectivity index (χ2n) is 4.95. The summed E-state index contributed by atoms with van der Waals surface area (Å²) in [6.07, 6.45) is 1.50. The van der Waals surface area contributed by atoms with Crippen molar-refractivity contribution in [1.82, 2.24) is 0 Å². The Labute approximate surface area is 129 Å². The summed E-state index contributed by atoms with van der Waals surface area (Å²) in [5.41, 5.74) is 3.31. The van der Waals surface area contributed by atoms with Gasteiger partial charge in [0.2, 0.25) is 0 Å². The van der Waals surface area contributed by atoms with Gasteiger partial charge in [-0.05, 0) is 55.2 Å². The Kier molecular flexibility index (Phi) is 5.37. The van der Waals surface area contributed by atoms with E-state index >= 15 is 0 Å². The molecule has 0 fully saturated rings. The van der Waals surface area contributed by atoms with E-state index in [1.54, 1.807) is 12.1 Å². The maximum Gasteiger partial charge on any atom is 0.255 e. The molecule has 1 amide bonds. The topological polar surface area (TPSA) is 49.3 Å². The molecule has 2 aromatic carbocycles. The van der Waals surface area contributed by atoms with Crippen molar-refractivity contribution in [3.8, 4) is 0 Å². The lowest BCUT2D eigenvalue weighted by atomic mass is 10.1. The summed E-state index contributed by atoms with van der Waals surface area (Å²) < 4.78 is 0. The lowest BCUT2D eigenvalue weighted by molar-refractivity contribution is 0.102. The Bertz CT molecular complexity index is 640. The molecule has 0 spiro atoms. The van der Waals surface area contributed by atoms with E-state index in [2.05, 4.69) is 5.32 Å². The van der Waals surface area contributed by atoms with Gasteiger partial charge in [-0.1, -0.05) is 29.8 Å². The predicted octanol–water partition coefficient (Wildman–Crippen LogP) is 3.83. The molecule has 2 N–H and O–H groups in total. The molecule has 110 valence electrons. The first kappa shape index (κ1) is 15.5. The zero-order valence-corrected chi connectivity index (χ0v) is 12.7. The third-order valence-electron chi connectivity index (χ3n) is 3.24. The van der Waals surface area contributed by atoms with Crippen LogP contribution in [0.25, 0.3) is 0 Å². The summed E-state index contributed by atoms with van der Waals surface area (Å²) >= 11 is 6.04. The van der Waals surface area contributed by atoms with Gasteiger partial charge in [0.05, 0.1) is 0 Å². The molecule has 0 radical (unpaired) electrons. The van der Waals surface area contributed by atoms with E-state index in [-0.39, 0.29) is 12.5 Å². The first-order valence-electron chi connectivity index (χ1n) is 6.87. The van der Waals surface area contributed by atoms with Gasteiger partial charge in [0.15, 0.2) is 0 Å². The quantitative estimate of drug-likeness (QED) is 0.882. The lowest BCUT2D eigenvalue weighted by Gasteiger charge is -2.08. The summed E-state index contributed by atoms with van der Waals surface area (Å²) in [4.78, 5) is 12.2. The maximum absolute atomic E-state index is 12.2. The number of aliphatic hydroxyl groups is 1. The van der Waals surface area contributed by atoms with Crippen LogP contribution in [0, 0.1) is 6.92 Å². The van der Waals surface area contributed by atoms with E-state index in [1.165, 1.54) is 0 Å². The molecule has 0 saturated heterocycles. The van der Waals surface area contributed by atoms with Crippen molar-refractivity contribution < 1.29 is 9.90 Å². The summed E-state index contributed by atoms with van der Waals surface area (Å²) in [6, 6.07) is 12.9. The molecular formula is C17H18ClNO2. The fraction of sp³-hybridized carbons (Fsp3) is 0.235. The molecule has 0 atom stereocenters. The number of carbonyl (C=O) groups excluding carboxylic acids is 1. The fourth-order valence-electron chi connectivity index (χ4n) is 2.03. The first-order valence-corrected chi connectivity index (χ1v) is 7.25. The minimum Gasteiger partial charge on any atom is -0.396 e. The minimum absolute atomic E-state index is 0.165. The largest absolute Gasteiger partial charge is 0.396 e. The smallest absolute Gasteiger partial charge is 0.255 e. The summed E-state index contributed by atoms with van der Waals surface area (Å²) in [6.45, 7) is 2.06. The van der Waals surface area contributed by atoms with E-state index in [0.717, 1.165) is 23.2 Å². The van der Waals surface area contributed by atoms with Gasteiger partial charge in [0.25, 0.3) is 5.91 Å².